The molecule has 0 bridgehead atoms. The van der Waals surface area contributed by atoms with Crippen molar-refractivity contribution in [3.63, 3.8) is 0 Å². The molecule has 12 atom stereocenters. The molecule has 0 saturated carbocycles. The number of halogens is 2. The lowest BCUT2D eigenvalue weighted by Crippen LogP contribution is -2.25. The van der Waals surface area contributed by atoms with Gasteiger partial charge in [-0.25, -0.2) is 9.59 Å². The predicted molar refractivity (Wildman–Crippen MR) is 512 cm³/mol. The summed E-state index contributed by atoms with van der Waals surface area (Å²) in [4.78, 5) is 57.8. The monoisotopic (exact) mass is 1900 g/mol. The molecule has 108 heavy (non-hydrogen) atoms. The maximum atomic E-state index is 12.2. The van der Waals surface area contributed by atoms with Crippen LogP contribution in [0.25, 0.3) is 0 Å². The molecule has 28 heteroatoms. The van der Waals surface area contributed by atoms with E-state index in [1.165, 1.54) is 110 Å². The van der Waals surface area contributed by atoms with Crippen LogP contribution in [0.1, 0.15) is 69.2 Å². The van der Waals surface area contributed by atoms with E-state index < -0.39 is 0 Å². The first-order chi connectivity index (χ1) is 51.6. The number of benzene rings is 3. The van der Waals surface area contributed by atoms with Crippen LogP contribution in [-0.4, -0.2) is 221 Å². The largest absolute Gasteiger partial charge is 0.468 e. The lowest BCUT2D eigenvalue weighted by molar-refractivity contribution is -0.141. The van der Waals surface area contributed by atoms with Gasteiger partial charge in [0, 0.05) is 158 Å². The fourth-order valence-electron chi connectivity index (χ4n) is 8.92. The van der Waals surface area contributed by atoms with Gasteiger partial charge in [0.2, 0.25) is 0 Å². The van der Waals surface area contributed by atoms with E-state index >= 15 is 0 Å². The molecule has 11 rings (SSSR count). The first-order valence-electron chi connectivity index (χ1n) is 35.0. The van der Waals surface area contributed by atoms with E-state index in [-0.39, 0.29) is 56.5 Å². The molecule has 10 nitrogen and oxygen atoms in total. The second kappa shape index (κ2) is 58.4. The summed E-state index contributed by atoms with van der Waals surface area (Å²) in [5.41, 5.74) is 11.3. The highest BCUT2D eigenvalue weighted by atomic mass is 79.9. The van der Waals surface area contributed by atoms with E-state index in [0.29, 0.717) is 43.4 Å². The molecule has 8 fully saturated rings. The van der Waals surface area contributed by atoms with Gasteiger partial charge in [-0.15, -0.1) is 82.3 Å². The van der Waals surface area contributed by atoms with Gasteiger partial charge in [-0.3, -0.25) is 14.4 Å². The third-order valence-electron chi connectivity index (χ3n) is 15.3. The Labute approximate surface area is 732 Å². The van der Waals surface area contributed by atoms with Crippen molar-refractivity contribution < 1.29 is 47.7 Å². The maximum Gasteiger partial charge on any atom is 0.339 e. The summed E-state index contributed by atoms with van der Waals surface area (Å²) in [7, 11) is 1.44. The van der Waals surface area contributed by atoms with E-state index in [0.717, 1.165) is 83.5 Å². The van der Waals surface area contributed by atoms with Crippen molar-refractivity contribution in [2.45, 2.75) is 111 Å². The van der Waals surface area contributed by atoms with E-state index in [2.05, 4.69) is 131 Å². The van der Waals surface area contributed by atoms with Crippen molar-refractivity contribution in [3.05, 3.63) is 198 Å². The Balaban J connectivity index is 0.000000265. The SMILES string of the molecule is C=C1C(C)SC(C)C(OC(=O)c2ccccc2)SC1C.C=C1CSC(Br)C(COC(C)=O)SC1.C=C1CSC(C)C(C)SC1.C=C1CSCC(C(=O)OC)SC1.C=C1CSCC(C(=O)Oc2ccc(Br)cc2)SC1.C=C1CSCC(C)SC1.C=C1CSCC(OC(=O)c2ccccc2)SC1.C=C1CSCCSC1. The smallest absolute Gasteiger partial charge is 0.339 e. The molecule has 0 amide bonds. The lowest BCUT2D eigenvalue weighted by Gasteiger charge is -2.22. The summed E-state index contributed by atoms with van der Waals surface area (Å²) in [6, 6.07) is 25.6. The molecule has 0 radical (unpaired) electrons. The highest BCUT2D eigenvalue weighted by Gasteiger charge is 2.34. The zero-order chi connectivity index (χ0) is 79.3. The van der Waals surface area contributed by atoms with Crippen LogP contribution in [-0.2, 0) is 33.3 Å². The third-order valence-corrected chi connectivity index (χ3v) is 40.0. The van der Waals surface area contributed by atoms with Gasteiger partial charge in [0.15, 0.2) is 10.9 Å². The number of ether oxygens (including phenoxy) is 5. The number of rotatable bonds is 9. The van der Waals surface area contributed by atoms with E-state index in [1.54, 1.807) is 130 Å². The third kappa shape index (κ3) is 44.2. The van der Waals surface area contributed by atoms with Crippen LogP contribution in [0.4, 0.5) is 0 Å². The predicted octanol–water partition coefficient (Wildman–Crippen LogP) is 22.8. The van der Waals surface area contributed by atoms with Gasteiger partial charge >= 0.3 is 29.8 Å². The van der Waals surface area contributed by atoms with Gasteiger partial charge in [-0.05, 0) is 69.3 Å². The molecule has 0 N–H and O–H groups in total. The highest BCUT2D eigenvalue weighted by molar-refractivity contribution is 9.11. The Kier molecular flexibility index (Phi) is 54.0. The Hall–Kier alpha value is -0.510. The van der Waals surface area contributed by atoms with E-state index in [9.17, 15) is 24.0 Å². The molecule has 8 saturated heterocycles. The van der Waals surface area contributed by atoms with Crippen molar-refractivity contribution in [1.29, 1.82) is 0 Å². The van der Waals surface area contributed by atoms with Crippen molar-refractivity contribution in [2.75, 3.05) is 129 Å². The maximum absolute atomic E-state index is 12.2. The van der Waals surface area contributed by atoms with Gasteiger partial charge in [-0.1, -0.05) is 186 Å². The molecule has 12 unspecified atom stereocenters. The van der Waals surface area contributed by atoms with Crippen LogP contribution in [0.3, 0.4) is 0 Å². The van der Waals surface area contributed by atoms with Gasteiger partial charge < -0.3 is 23.7 Å². The molecular weight excluding hydrogens is 1790 g/mol. The van der Waals surface area contributed by atoms with Crippen molar-refractivity contribution >= 4 is 250 Å². The standard InChI is InChI=1S/C16H20O2S2.C13H13BrO2S2.C13H14O2S2.C9H13BrO2S2.C8H12O2S2.C8H14S2.C7H12S2.C6H10S2/c1-10-11(2)19-13(4)16(20-12(10)3)18-15(17)14-8-6-5-7-9-14;1-9-6-17-8-12(18-7-9)13(15)16-11-4-2-10(14)3-5-11;1-10-7-16-9-12(17-8-10)15-13(14)11-5-3-2-4-6-11;1-6-4-13-8(3-12-7(2)11)9(10)14-5-6;1-6-3-11-5-7(12-4-6)8(9)10-2;1-6-4-9-7(2)8(3)10-5-6;1-6-3-8-5-7(2)9-4-6;1-6-4-7-2-3-8-5-6/h5-9,11-13,16H,1H2,2-4H3;2-5,12H,1,6-8H2;2-6,12H,1,7-9H2;8-9H,1,3-5H2,2H3;7H,1,3-5H2,2H3;7-8H,1,4-5H2,2-3H3;7H,1,3-5H2,2H3;1-5H2. The zero-order valence-electron chi connectivity index (χ0n) is 63.4. The molecule has 0 aromatic heterocycles. The van der Waals surface area contributed by atoms with Crippen LogP contribution >= 0.6 is 220 Å². The molecule has 0 spiro atoms. The van der Waals surface area contributed by atoms with Crippen molar-refractivity contribution in [2.24, 2.45) is 0 Å². The fraction of sp³-hybridized carbons (Fsp3) is 0.512. The summed E-state index contributed by atoms with van der Waals surface area (Å²) in [5, 5.41) is 3.59. The average Bonchev–Trinajstić information content (AvgIpc) is 1.68. The number of carbonyl (C=O) groups is 5. The second-order valence-electron chi connectivity index (χ2n) is 25.4. The zero-order valence-corrected chi connectivity index (χ0v) is 79.6. The van der Waals surface area contributed by atoms with Crippen molar-refractivity contribution in [3.8, 4) is 5.75 Å². The number of alkyl halides is 1. The lowest BCUT2D eigenvalue weighted by atomic mass is 10.2. The molecule has 8 heterocycles. The van der Waals surface area contributed by atoms with E-state index in [4.69, 9.17) is 18.9 Å². The first kappa shape index (κ1) is 99.8. The number of thioether (sulfide) groups is 16. The molecule has 598 valence electrons. The van der Waals surface area contributed by atoms with Crippen LogP contribution < -0.4 is 4.74 Å². The van der Waals surface area contributed by atoms with Crippen LogP contribution in [0.15, 0.2) is 187 Å². The molecule has 3 aromatic carbocycles. The summed E-state index contributed by atoms with van der Waals surface area (Å²) >= 11 is 36.3. The quantitative estimate of drug-likeness (QED) is 0.0661. The van der Waals surface area contributed by atoms with Gasteiger partial charge in [0.1, 0.15) is 22.9 Å². The van der Waals surface area contributed by atoms with Gasteiger partial charge in [0.05, 0.1) is 27.6 Å². The Morgan fingerprint density at radius 3 is 1.38 bits per heavy atom. The van der Waals surface area contributed by atoms with Gasteiger partial charge in [-0.2, -0.15) is 106 Å². The highest BCUT2D eigenvalue weighted by Crippen LogP contribution is 2.42. The number of hydrogen-bond acceptors (Lipinski definition) is 26. The summed E-state index contributed by atoms with van der Waals surface area (Å²) in [6.45, 7) is 47.1. The summed E-state index contributed by atoms with van der Waals surface area (Å²) in [6.07, 6.45) is 0. The van der Waals surface area contributed by atoms with Gasteiger partial charge in [0.25, 0.3) is 0 Å². The van der Waals surface area contributed by atoms with E-state index in [1.807, 2.05) is 143 Å². The van der Waals surface area contributed by atoms with Crippen LogP contribution in [0.5, 0.6) is 5.75 Å². The van der Waals surface area contributed by atoms with Crippen molar-refractivity contribution in [1.82, 2.24) is 0 Å². The molecule has 8 aliphatic rings. The number of carbonyl (C=O) groups excluding carboxylic acids is 5. The fourth-order valence-corrected chi connectivity index (χ4v) is 29.1. The normalized spacial score (nSPS) is 26.2. The number of methoxy groups -OCH3 is 1. The Bertz CT molecular complexity index is 3290. The van der Waals surface area contributed by atoms with Crippen LogP contribution in [0.2, 0.25) is 0 Å². The van der Waals surface area contributed by atoms with Crippen LogP contribution in [0, 0.1) is 0 Å². The molecule has 8 aliphatic heterocycles. The molecule has 3 aromatic rings. The Morgan fingerprint density at radius 2 is 0.861 bits per heavy atom. The Morgan fingerprint density at radius 1 is 0.444 bits per heavy atom. The topological polar surface area (TPSA) is 132 Å². The summed E-state index contributed by atoms with van der Waals surface area (Å²) in [5.74, 6) is 20.5. The second-order valence-corrected chi connectivity index (χ2v) is 47.4. The molecular formula is C80H108Br2O10S16. The number of esters is 5. The minimum atomic E-state index is -0.247. The average molecular weight is 1900 g/mol. The summed E-state index contributed by atoms with van der Waals surface area (Å²) < 4.78 is 27.5. The molecule has 0 aliphatic carbocycles. The number of hydrogen-bond donors (Lipinski definition) is 0. The minimum Gasteiger partial charge on any atom is -0.468 e. The first-order valence-corrected chi connectivity index (χ1v) is 53.9. The minimum absolute atomic E-state index is 0.000694.